The quantitative estimate of drug-likeness (QED) is 0.847. The number of likely N-dealkylation sites (tertiary alicyclic amines) is 1. The molecule has 0 spiro atoms. The number of nitrogens with one attached hydrogen (secondary N) is 1. The summed E-state index contributed by atoms with van der Waals surface area (Å²) in [4.78, 5) is 29.2. The molecule has 1 aliphatic heterocycles. The number of benzene rings is 1. The molecule has 5 heteroatoms. The van der Waals surface area contributed by atoms with Crippen molar-refractivity contribution in [3.63, 3.8) is 0 Å². The second-order valence-corrected chi connectivity index (χ2v) is 7.50. The monoisotopic (exact) mass is 359 g/mol. The average molecular weight is 360 g/mol. The number of nitrogens with zero attached hydrogens (tertiary/aromatic N) is 2. The molecule has 0 saturated carbocycles. The van der Waals surface area contributed by atoms with Crippen LogP contribution < -0.4 is 5.32 Å². The van der Waals surface area contributed by atoms with Gasteiger partial charge >= 0.3 is 0 Å². The van der Waals surface area contributed by atoms with Crippen LogP contribution in [-0.2, 0) is 9.59 Å². The van der Waals surface area contributed by atoms with Crippen LogP contribution in [0.15, 0.2) is 18.2 Å². The Hall–Kier alpha value is -1.88. The molecule has 0 radical (unpaired) electrons. The number of hydrogen-bond donors (Lipinski definition) is 1. The van der Waals surface area contributed by atoms with Crippen LogP contribution in [-0.4, -0.2) is 53.8 Å². The smallest absolute Gasteiger partial charge is 0.239 e. The van der Waals surface area contributed by atoms with E-state index in [0.29, 0.717) is 6.04 Å². The van der Waals surface area contributed by atoms with Gasteiger partial charge in [0.05, 0.1) is 12.6 Å². The maximum atomic E-state index is 12.9. The van der Waals surface area contributed by atoms with Crippen molar-refractivity contribution in [2.75, 3.05) is 25.5 Å². The first kappa shape index (κ1) is 20.4. The molecule has 0 aromatic heterocycles. The molecule has 144 valence electrons. The second kappa shape index (κ2) is 9.17. The molecule has 2 amide bonds. The van der Waals surface area contributed by atoms with Gasteiger partial charge in [-0.05, 0) is 64.6 Å². The van der Waals surface area contributed by atoms with E-state index >= 15 is 0 Å². The minimum Gasteiger partial charge on any atom is -0.338 e. The van der Waals surface area contributed by atoms with Crippen molar-refractivity contribution in [3.05, 3.63) is 29.3 Å². The lowest BCUT2D eigenvalue weighted by Gasteiger charge is -2.38. The van der Waals surface area contributed by atoms with Gasteiger partial charge in [0.1, 0.15) is 0 Å². The van der Waals surface area contributed by atoms with Crippen LogP contribution in [0.4, 0.5) is 5.69 Å². The zero-order chi connectivity index (χ0) is 19.3. The molecule has 1 saturated heterocycles. The molecule has 5 nitrogen and oxygen atoms in total. The fourth-order valence-corrected chi connectivity index (χ4v) is 3.70. The third-order valence-electron chi connectivity index (χ3n) is 5.54. The van der Waals surface area contributed by atoms with Gasteiger partial charge in [0.25, 0.3) is 0 Å². The summed E-state index contributed by atoms with van der Waals surface area (Å²) in [6, 6.07) is 6.00. The van der Waals surface area contributed by atoms with Gasteiger partial charge in [-0.15, -0.1) is 0 Å². The standard InChI is InChI=1S/C21H33N3O2/c1-6-18-12-7-8-13-24(18)21(26)17(4)23(5)14-19(25)22-20-15(2)10-9-11-16(20)3/h9-11,17-18H,6-8,12-14H2,1-5H3,(H,22,25)/t17-,18-/m1/s1. The van der Waals surface area contributed by atoms with Gasteiger partial charge in [-0.25, -0.2) is 0 Å². The average Bonchev–Trinajstić information content (AvgIpc) is 2.63. The molecule has 2 atom stereocenters. The SMILES string of the molecule is CC[C@@H]1CCCCN1C(=O)[C@@H](C)N(C)CC(=O)Nc1c(C)cccc1C. The molecular formula is C21H33N3O2. The maximum Gasteiger partial charge on any atom is 0.239 e. The third kappa shape index (κ3) is 4.85. The van der Waals surface area contributed by atoms with Crippen LogP contribution in [0.25, 0.3) is 0 Å². The summed E-state index contributed by atoms with van der Waals surface area (Å²) in [5.41, 5.74) is 2.96. The van der Waals surface area contributed by atoms with E-state index in [1.165, 1.54) is 6.42 Å². The fraction of sp³-hybridized carbons (Fsp3) is 0.619. The zero-order valence-electron chi connectivity index (χ0n) is 16.8. The van der Waals surface area contributed by atoms with Crippen LogP contribution in [0.1, 0.15) is 50.7 Å². The van der Waals surface area contributed by atoms with Crippen LogP contribution in [0.5, 0.6) is 0 Å². The molecule has 26 heavy (non-hydrogen) atoms. The summed E-state index contributed by atoms with van der Waals surface area (Å²) < 4.78 is 0. The summed E-state index contributed by atoms with van der Waals surface area (Å²) >= 11 is 0. The topological polar surface area (TPSA) is 52.7 Å². The normalized spacial score (nSPS) is 18.7. The van der Waals surface area contributed by atoms with E-state index in [1.54, 1.807) is 0 Å². The van der Waals surface area contributed by atoms with Crippen LogP contribution in [0, 0.1) is 13.8 Å². The first-order chi connectivity index (χ1) is 12.3. The van der Waals surface area contributed by atoms with E-state index in [1.807, 2.05) is 55.8 Å². The molecule has 0 bridgehead atoms. The number of aryl methyl sites for hydroxylation is 2. The number of para-hydroxylation sites is 1. The highest BCUT2D eigenvalue weighted by Gasteiger charge is 2.30. The van der Waals surface area contributed by atoms with Gasteiger partial charge in [-0.2, -0.15) is 0 Å². The molecule has 1 fully saturated rings. The lowest BCUT2D eigenvalue weighted by molar-refractivity contribution is -0.140. The number of rotatable bonds is 6. The van der Waals surface area contributed by atoms with Crippen molar-refractivity contribution in [1.29, 1.82) is 0 Å². The number of piperidine rings is 1. The zero-order valence-corrected chi connectivity index (χ0v) is 16.8. The van der Waals surface area contributed by atoms with Crippen molar-refractivity contribution < 1.29 is 9.59 Å². The highest BCUT2D eigenvalue weighted by Crippen LogP contribution is 2.22. The van der Waals surface area contributed by atoms with Gasteiger partial charge in [0, 0.05) is 18.3 Å². The van der Waals surface area contributed by atoms with E-state index < -0.39 is 0 Å². The molecule has 1 heterocycles. The molecule has 1 aliphatic rings. The largest absolute Gasteiger partial charge is 0.338 e. The number of carbonyl (C=O) groups excluding carboxylic acids is 2. The van der Waals surface area contributed by atoms with E-state index in [4.69, 9.17) is 0 Å². The molecular weight excluding hydrogens is 326 g/mol. The first-order valence-electron chi connectivity index (χ1n) is 9.72. The third-order valence-corrected chi connectivity index (χ3v) is 5.54. The lowest BCUT2D eigenvalue weighted by atomic mass is 9.99. The highest BCUT2D eigenvalue weighted by atomic mass is 16.2. The van der Waals surface area contributed by atoms with Crippen molar-refractivity contribution in [2.45, 2.75) is 65.5 Å². The Bertz CT molecular complexity index is 624. The minimum atomic E-state index is -0.300. The van der Waals surface area contributed by atoms with Crippen LogP contribution in [0.2, 0.25) is 0 Å². The highest BCUT2D eigenvalue weighted by molar-refractivity contribution is 5.94. The number of carbonyl (C=O) groups is 2. The Balaban J connectivity index is 1.96. The summed E-state index contributed by atoms with van der Waals surface area (Å²) in [5, 5.41) is 3.00. The van der Waals surface area contributed by atoms with Crippen molar-refractivity contribution in [2.24, 2.45) is 0 Å². The lowest BCUT2D eigenvalue weighted by Crippen LogP contribution is -2.52. The predicted molar refractivity (Wildman–Crippen MR) is 106 cm³/mol. The van der Waals surface area contributed by atoms with E-state index in [9.17, 15) is 9.59 Å². The van der Waals surface area contributed by atoms with Gasteiger partial charge in [0.2, 0.25) is 11.8 Å². The van der Waals surface area contributed by atoms with E-state index in [-0.39, 0.29) is 24.4 Å². The van der Waals surface area contributed by atoms with Crippen molar-refractivity contribution in [3.8, 4) is 0 Å². The van der Waals surface area contributed by atoms with Crippen molar-refractivity contribution >= 4 is 17.5 Å². The van der Waals surface area contributed by atoms with Crippen molar-refractivity contribution in [1.82, 2.24) is 9.80 Å². The molecule has 1 aromatic rings. The molecule has 0 unspecified atom stereocenters. The fourth-order valence-electron chi connectivity index (χ4n) is 3.70. The molecule has 0 aliphatic carbocycles. The summed E-state index contributed by atoms with van der Waals surface area (Å²) in [6.07, 6.45) is 4.36. The number of amides is 2. The number of anilines is 1. The van der Waals surface area contributed by atoms with Crippen LogP contribution in [0.3, 0.4) is 0 Å². The Morgan fingerprint density at radius 1 is 1.27 bits per heavy atom. The maximum absolute atomic E-state index is 12.9. The molecule has 2 rings (SSSR count). The Morgan fingerprint density at radius 2 is 1.92 bits per heavy atom. The Kier molecular flexibility index (Phi) is 7.21. The van der Waals surface area contributed by atoms with Gasteiger partial charge < -0.3 is 10.2 Å². The number of likely N-dealkylation sites (N-methyl/N-ethyl adjacent to an activating group) is 1. The Labute approximate surface area is 157 Å². The first-order valence-corrected chi connectivity index (χ1v) is 9.72. The van der Waals surface area contributed by atoms with Gasteiger partial charge in [-0.1, -0.05) is 25.1 Å². The summed E-state index contributed by atoms with van der Waals surface area (Å²) in [6.45, 7) is 9.05. The minimum absolute atomic E-state index is 0.0877. The molecule has 1 N–H and O–H groups in total. The second-order valence-electron chi connectivity index (χ2n) is 7.50. The van der Waals surface area contributed by atoms with Gasteiger partial charge in [0.15, 0.2) is 0 Å². The van der Waals surface area contributed by atoms with Crippen LogP contribution >= 0.6 is 0 Å². The summed E-state index contributed by atoms with van der Waals surface area (Å²) in [5.74, 6) is 0.0501. The Morgan fingerprint density at radius 3 is 2.54 bits per heavy atom. The van der Waals surface area contributed by atoms with E-state index in [2.05, 4.69) is 12.2 Å². The van der Waals surface area contributed by atoms with E-state index in [0.717, 1.165) is 42.6 Å². The molecule has 1 aromatic carbocycles. The number of hydrogen-bond acceptors (Lipinski definition) is 3. The predicted octanol–water partition coefficient (Wildman–Crippen LogP) is 3.35. The van der Waals surface area contributed by atoms with Gasteiger partial charge in [-0.3, -0.25) is 14.5 Å². The summed E-state index contributed by atoms with van der Waals surface area (Å²) in [7, 11) is 1.84.